The largest absolute Gasteiger partial charge is 0.454 e. The molecule has 1 aliphatic heterocycles. The Balaban J connectivity index is 1.26. The summed E-state index contributed by atoms with van der Waals surface area (Å²) < 4.78 is 14.8. The predicted octanol–water partition coefficient (Wildman–Crippen LogP) is 4.98. The highest BCUT2D eigenvalue weighted by atomic mass is 16.7. The van der Waals surface area contributed by atoms with Gasteiger partial charge >= 0.3 is 0 Å². The first-order chi connectivity index (χ1) is 19.2. The molecule has 0 spiro atoms. The molecule has 11 heteroatoms. The third kappa shape index (κ3) is 4.46. The molecule has 7 rings (SSSR count). The number of aromatic nitrogens is 7. The number of imidazole rings is 1. The minimum Gasteiger partial charge on any atom is -0.454 e. The molecule has 0 bridgehead atoms. The Hall–Kier alpha value is -5.45. The average Bonchev–Trinajstić information content (AvgIpc) is 3.72. The lowest BCUT2D eigenvalue weighted by Crippen LogP contribution is -2.06. The number of fused-ring (bicyclic) bond motifs is 2. The number of aryl methyl sites for hydroxylation is 1. The van der Waals surface area contributed by atoms with Gasteiger partial charge in [0.25, 0.3) is 0 Å². The van der Waals surface area contributed by atoms with E-state index >= 15 is 0 Å². The number of anilines is 4. The summed E-state index contributed by atoms with van der Waals surface area (Å²) in [7, 11) is 0. The van der Waals surface area contributed by atoms with E-state index in [1.165, 1.54) is 11.9 Å². The van der Waals surface area contributed by atoms with Crippen LogP contribution in [0.1, 0.15) is 11.1 Å². The molecule has 3 aromatic carbocycles. The Morgan fingerprint density at radius 2 is 1.67 bits per heavy atom. The topological polar surface area (TPSA) is 117 Å². The summed E-state index contributed by atoms with van der Waals surface area (Å²) >= 11 is 0. The van der Waals surface area contributed by atoms with Gasteiger partial charge in [0.15, 0.2) is 28.5 Å². The van der Waals surface area contributed by atoms with Crippen molar-refractivity contribution in [3.63, 3.8) is 0 Å². The number of ether oxygens (including phenoxy) is 2. The molecule has 39 heavy (non-hydrogen) atoms. The SMILES string of the molecule is Cc1ccc(Cn2c(Nc3ccc4c(c3)OCO4)nc3c(Nc4ccc(-n5cncn5)cc4)ncnc32)cc1. The molecule has 192 valence electrons. The standard InChI is InChI=1S/C28H23N9O2/c1-18-2-4-19(5-3-18)13-36-27-25(35-28(36)34-21-8-11-23-24(12-21)39-17-38-23)26(30-15-31-27)33-20-6-9-22(10-7-20)37-16-29-14-32-37/h2-12,14-16H,13,17H2,1H3,(H,34,35)(H,30,31,33). The molecule has 11 nitrogen and oxygen atoms in total. The second-order valence-electron chi connectivity index (χ2n) is 9.11. The van der Waals surface area contributed by atoms with Crippen LogP contribution >= 0.6 is 0 Å². The van der Waals surface area contributed by atoms with Crippen molar-refractivity contribution in [2.24, 2.45) is 0 Å². The first-order valence-electron chi connectivity index (χ1n) is 12.4. The average molecular weight is 518 g/mol. The molecule has 0 fully saturated rings. The zero-order chi connectivity index (χ0) is 26.2. The van der Waals surface area contributed by atoms with E-state index in [2.05, 4.69) is 61.9 Å². The molecule has 0 unspecified atom stereocenters. The van der Waals surface area contributed by atoms with E-state index in [-0.39, 0.29) is 6.79 Å². The second-order valence-corrected chi connectivity index (χ2v) is 9.11. The van der Waals surface area contributed by atoms with Gasteiger partial charge in [0, 0.05) is 17.4 Å². The maximum Gasteiger partial charge on any atom is 0.231 e. The Kier molecular flexibility index (Phi) is 5.51. The zero-order valence-corrected chi connectivity index (χ0v) is 20.9. The van der Waals surface area contributed by atoms with E-state index in [0.29, 0.717) is 35.2 Å². The van der Waals surface area contributed by atoms with Crippen LogP contribution in [0.4, 0.5) is 23.1 Å². The highest BCUT2D eigenvalue weighted by Gasteiger charge is 2.19. The number of hydrogen-bond acceptors (Lipinski definition) is 9. The summed E-state index contributed by atoms with van der Waals surface area (Å²) in [5.74, 6) is 2.65. The number of nitrogens with zero attached hydrogens (tertiary/aromatic N) is 7. The number of hydrogen-bond donors (Lipinski definition) is 2. The van der Waals surface area contributed by atoms with Gasteiger partial charge in [-0.15, -0.1) is 0 Å². The van der Waals surface area contributed by atoms with E-state index in [1.54, 1.807) is 17.3 Å². The lowest BCUT2D eigenvalue weighted by atomic mass is 10.1. The fraction of sp³-hybridized carbons (Fsp3) is 0.107. The van der Waals surface area contributed by atoms with Gasteiger partial charge in [-0.2, -0.15) is 5.10 Å². The maximum atomic E-state index is 5.56. The highest BCUT2D eigenvalue weighted by Crippen LogP contribution is 2.36. The highest BCUT2D eigenvalue weighted by molar-refractivity contribution is 5.88. The molecule has 1 aliphatic rings. The van der Waals surface area contributed by atoms with Crippen LogP contribution in [0.15, 0.2) is 85.7 Å². The van der Waals surface area contributed by atoms with Gasteiger partial charge < -0.3 is 20.1 Å². The van der Waals surface area contributed by atoms with Gasteiger partial charge in [0.1, 0.15) is 19.0 Å². The van der Waals surface area contributed by atoms with Crippen molar-refractivity contribution in [1.82, 2.24) is 34.3 Å². The summed E-state index contributed by atoms with van der Waals surface area (Å²) in [6.45, 7) is 2.87. The van der Waals surface area contributed by atoms with E-state index in [1.807, 2.05) is 47.0 Å². The Morgan fingerprint density at radius 3 is 2.49 bits per heavy atom. The fourth-order valence-electron chi connectivity index (χ4n) is 4.43. The third-order valence-electron chi connectivity index (χ3n) is 6.44. The lowest BCUT2D eigenvalue weighted by Gasteiger charge is -2.11. The third-order valence-corrected chi connectivity index (χ3v) is 6.44. The van der Waals surface area contributed by atoms with Crippen molar-refractivity contribution in [2.75, 3.05) is 17.4 Å². The smallest absolute Gasteiger partial charge is 0.231 e. The van der Waals surface area contributed by atoms with Gasteiger partial charge in [-0.25, -0.2) is 24.6 Å². The van der Waals surface area contributed by atoms with Crippen LogP contribution in [0, 0.1) is 6.92 Å². The normalized spacial score (nSPS) is 12.1. The van der Waals surface area contributed by atoms with Crippen molar-refractivity contribution in [3.8, 4) is 17.2 Å². The maximum absolute atomic E-state index is 5.56. The molecule has 0 atom stereocenters. The molecule has 2 N–H and O–H groups in total. The monoisotopic (exact) mass is 517 g/mol. The van der Waals surface area contributed by atoms with Crippen molar-refractivity contribution < 1.29 is 9.47 Å². The Bertz CT molecular complexity index is 1760. The summed E-state index contributed by atoms with van der Waals surface area (Å²) in [5.41, 5.74) is 6.28. The fourth-order valence-corrected chi connectivity index (χ4v) is 4.43. The molecule has 0 saturated heterocycles. The molecular formula is C28H23N9O2. The summed E-state index contributed by atoms with van der Waals surface area (Å²) in [6, 6.07) is 22.0. The molecule has 4 heterocycles. The molecular weight excluding hydrogens is 494 g/mol. The van der Waals surface area contributed by atoms with Gasteiger partial charge in [-0.1, -0.05) is 29.8 Å². The lowest BCUT2D eigenvalue weighted by molar-refractivity contribution is 0.174. The molecule has 3 aromatic heterocycles. The minimum absolute atomic E-state index is 0.217. The van der Waals surface area contributed by atoms with Crippen molar-refractivity contribution in [2.45, 2.75) is 13.5 Å². The number of rotatable bonds is 7. The molecule has 6 aromatic rings. The van der Waals surface area contributed by atoms with Crippen LogP contribution in [-0.4, -0.2) is 41.1 Å². The Morgan fingerprint density at radius 1 is 0.846 bits per heavy atom. The van der Waals surface area contributed by atoms with Gasteiger partial charge in [0.2, 0.25) is 12.7 Å². The molecule has 0 amide bonds. The first-order valence-corrected chi connectivity index (χ1v) is 12.4. The van der Waals surface area contributed by atoms with Crippen molar-refractivity contribution >= 4 is 34.3 Å². The first kappa shape index (κ1) is 22.7. The van der Waals surface area contributed by atoms with Crippen molar-refractivity contribution in [1.29, 1.82) is 0 Å². The van der Waals surface area contributed by atoms with Crippen LogP contribution in [0.5, 0.6) is 11.5 Å². The predicted molar refractivity (Wildman–Crippen MR) is 146 cm³/mol. The van der Waals surface area contributed by atoms with Gasteiger partial charge in [0.05, 0.1) is 12.2 Å². The summed E-state index contributed by atoms with van der Waals surface area (Å²) in [6.07, 6.45) is 4.71. The molecule has 0 radical (unpaired) electrons. The Labute approximate surface area is 223 Å². The second kappa shape index (κ2) is 9.45. The van der Waals surface area contributed by atoms with E-state index in [9.17, 15) is 0 Å². The summed E-state index contributed by atoms with van der Waals surface area (Å²) in [5, 5.41) is 11.0. The van der Waals surface area contributed by atoms with Gasteiger partial charge in [-0.05, 0) is 48.9 Å². The van der Waals surface area contributed by atoms with E-state index in [4.69, 9.17) is 14.5 Å². The van der Waals surface area contributed by atoms with Crippen LogP contribution in [0.25, 0.3) is 16.9 Å². The van der Waals surface area contributed by atoms with Crippen molar-refractivity contribution in [3.05, 3.63) is 96.8 Å². The van der Waals surface area contributed by atoms with Crippen LogP contribution < -0.4 is 20.1 Å². The van der Waals surface area contributed by atoms with Crippen LogP contribution in [-0.2, 0) is 6.54 Å². The quantitative estimate of drug-likeness (QED) is 0.302. The summed E-state index contributed by atoms with van der Waals surface area (Å²) in [4.78, 5) is 18.1. The molecule has 0 aliphatic carbocycles. The van der Waals surface area contributed by atoms with Crippen LogP contribution in [0.2, 0.25) is 0 Å². The number of benzene rings is 3. The minimum atomic E-state index is 0.217. The van der Waals surface area contributed by atoms with Crippen LogP contribution in [0.3, 0.4) is 0 Å². The van der Waals surface area contributed by atoms with E-state index < -0.39 is 0 Å². The van der Waals surface area contributed by atoms with Gasteiger partial charge in [-0.3, -0.25) is 4.57 Å². The van der Waals surface area contributed by atoms with E-state index in [0.717, 1.165) is 28.4 Å². The number of nitrogens with one attached hydrogen (secondary N) is 2. The molecule has 0 saturated carbocycles. The zero-order valence-electron chi connectivity index (χ0n) is 20.9.